The molecule has 0 spiro atoms. The van der Waals surface area contributed by atoms with Gasteiger partial charge >= 0.3 is 0 Å². The summed E-state index contributed by atoms with van der Waals surface area (Å²) in [6, 6.07) is 8.12. The highest BCUT2D eigenvalue weighted by Crippen LogP contribution is 2.21. The largest absolute Gasteiger partial charge is 0.497 e. The lowest BCUT2D eigenvalue weighted by Gasteiger charge is -2.08. The quantitative estimate of drug-likeness (QED) is 0.885. The Bertz CT molecular complexity index is 667. The van der Waals surface area contributed by atoms with Crippen LogP contribution in [0.2, 0.25) is 0 Å². The maximum Gasteiger partial charge on any atom is 0.272 e. The molecule has 0 atom stereocenters. The molecule has 0 aliphatic heterocycles. The third-order valence-corrected chi connectivity index (χ3v) is 2.43. The van der Waals surface area contributed by atoms with Crippen molar-refractivity contribution in [2.45, 2.75) is 0 Å². The molecule has 19 heavy (non-hydrogen) atoms. The summed E-state index contributed by atoms with van der Waals surface area (Å²) in [4.78, 5) is 25.3. The number of aromatic amines is 1. The van der Waals surface area contributed by atoms with Crippen molar-refractivity contribution in [3.8, 4) is 5.75 Å². The Balaban J connectivity index is 2.26. The molecule has 0 bridgehead atoms. The Morgan fingerprint density at radius 2 is 2.11 bits per heavy atom. The molecule has 2 N–H and O–H groups in total. The monoisotopic (exact) mass is 262 g/mol. The zero-order valence-corrected chi connectivity index (χ0v) is 10.1. The van der Waals surface area contributed by atoms with Crippen LogP contribution < -0.4 is 15.6 Å². The Labute approximate surface area is 108 Å². The van der Waals surface area contributed by atoms with Crippen LogP contribution in [0.4, 0.5) is 10.1 Å². The van der Waals surface area contributed by atoms with Gasteiger partial charge in [0.1, 0.15) is 17.3 Å². The van der Waals surface area contributed by atoms with E-state index in [1.54, 1.807) is 0 Å². The molecule has 0 aliphatic rings. The van der Waals surface area contributed by atoms with E-state index in [0.717, 1.165) is 0 Å². The number of nitrogens with one attached hydrogen (secondary N) is 2. The highest BCUT2D eigenvalue weighted by Gasteiger charge is 2.10. The number of carbonyl (C=O) groups excluding carboxylic acids is 1. The molecule has 1 heterocycles. The summed E-state index contributed by atoms with van der Waals surface area (Å²) in [7, 11) is 1.44. The van der Waals surface area contributed by atoms with E-state index in [2.05, 4.69) is 10.3 Å². The van der Waals surface area contributed by atoms with Crippen LogP contribution in [0.25, 0.3) is 0 Å². The molecule has 1 amide bonds. The summed E-state index contributed by atoms with van der Waals surface area (Å²) in [5.74, 6) is -0.782. The third kappa shape index (κ3) is 2.98. The van der Waals surface area contributed by atoms with Gasteiger partial charge in [0.15, 0.2) is 0 Å². The van der Waals surface area contributed by atoms with Crippen molar-refractivity contribution < 1.29 is 13.9 Å². The number of hydrogen-bond donors (Lipinski definition) is 2. The van der Waals surface area contributed by atoms with Gasteiger partial charge in [0.05, 0.1) is 12.8 Å². The minimum absolute atomic E-state index is 0.0194. The zero-order valence-electron chi connectivity index (χ0n) is 10.1. The van der Waals surface area contributed by atoms with Crippen molar-refractivity contribution in [2.75, 3.05) is 12.4 Å². The lowest BCUT2D eigenvalue weighted by Crippen LogP contribution is -2.18. The van der Waals surface area contributed by atoms with Gasteiger partial charge in [-0.25, -0.2) is 4.39 Å². The molecule has 6 heteroatoms. The third-order valence-electron chi connectivity index (χ3n) is 2.43. The summed E-state index contributed by atoms with van der Waals surface area (Å²) in [5.41, 5.74) is -0.373. The topological polar surface area (TPSA) is 71.2 Å². The summed E-state index contributed by atoms with van der Waals surface area (Å²) >= 11 is 0. The van der Waals surface area contributed by atoms with Crippen molar-refractivity contribution in [3.63, 3.8) is 0 Å². The van der Waals surface area contributed by atoms with Crippen LogP contribution >= 0.6 is 0 Å². The van der Waals surface area contributed by atoms with Gasteiger partial charge in [-0.2, -0.15) is 0 Å². The van der Waals surface area contributed by atoms with Gasteiger partial charge in [-0.05, 0) is 18.2 Å². The molecular formula is C13H11FN2O3. The van der Waals surface area contributed by atoms with Crippen LogP contribution in [0.1, 0.15) is 10.5 Å². The van der Waals surface area contributed by atoms with Crippen LogP contribution in [0.5, 0.6) is 5.75 Å². The molecule has 0 radical (unpaired) electrons. The van der Waals surface area contributed by atoms with E-state index >= 15 is 0 Å². The number of rotatable bonds is 3. The van der Waals surface area contributed by atoms with Crippen LogP contribution in [-0.2, 0) is 0 Å². The number of aromatic nitrogens is 1. The Morgan fingerprint density at radius 1 is 1.32 bits per heavy atom. The number of H-pyrrole nitrogens is 1. The smallest absolute Gasteiger partial charge is 0.272 e. The fourth-order valence-corrected chi connectivity index (χ4v) is 1.50. The number of methoxy groups -OCH3 is 1. The second-order valence-electron chi connectivity index (χ2n) is 3.73. The molecular weight excluding hydrogens is 251 g/mol. The number of ether oxygens (including phenoxy) is 1. The lowest BCUT2D eigenvalue weighted by atomic mass is 10.2. The second-order valence-corrected chi connectivity index (χ2v) is 3.73. The maximum atomic E-state index is 13.5. The minimum Gasteiger partial charge on any atom is -0.497 e. The SMILES string of the molecule is COc1ccc(F)c(NC(=O)c2cccc(=O)[nH]2)c1. The van der Waals surface area contributed by atoms with Crippen molar-refractivity contribution in [1.82, 2.24) is 4.98 Å². The van der Waals surface area contributed by atoms with Crippen LogP contribution in [-0.4, -0.2) is 18.0 Å². The summed E-state index contributed by atoms with van der Waals surface area (Å²) in [5, 5.41) is 2.36. The first-order chi connectivity index (χ1) is 9.10. The number of hydrogen-bond acceptors (Lipinski definition) is 3. The predicted octanol–water partition coefficient (Wildman–Crippen LogP) is 1.77. The van der Waals surface area contributed by atoms with Crippen molar-refractivity contribution in [1.29, 1.82) is 0 Å². The molecule has 98 valence electrons. The average molecular weight is 262 g/mol. The minimum atomic E-state index is -0.607. The van der Waals surface area contributed by atoms with Gasteiger partial charge in [0.2, 0.25) is 5.56 Å². The van der Waals surface area contributed by atoms with Crippen molar-refractivity contribution in [3.05, 3.63) is 58.3 Å². The van der Waals surface area contributed by atoms with Crippen LogP contribution in [0, 0.1) is 5.82 Å². The first kappa shape index (κ1) is 12.8. The molecule has 2 aromatic rings. The molecule has 0 aliphatic carbocycles. The fraction of sp³-hybridized carbons (Fsp3) is 0.0769. The van der Waals surface area contributed by atoms with E-state index < -0.39 is 17.3 Å². The normalized spacial score (nSPS) is 10.0. The lowest BCUT2D eigenvalue weighted by molar-refractivity contribution is 0.102. The molecule has 0 unspecified atom stereocenters. The number of amides is 1. The van der Waals surface area contributed by atoms with E-state index in [0.29, 0.717) is 5.75 Å². The molecule has 1 aromatic heterocycles. The number of pyridine rings is 1. The van der Waals surface area contributed by atoms with Gasteiger partial charge in [0, 0.05) is 12.1 Å². The van der Waals surface area contributed by atoms with E-state index in [1.165, 1.54) is 43.5 Å². The average Bonchev–Trinajstić information content (AvgIpc) is 2.41. The Kier molecular flexibility index (Phi) is 3.61. The van der Waals surface area contributed by atoms with E-state index in [9.17, 15) is 14.0 Å². The molecule has 0 saturated heterocycles. The summed E-state index contributed by atoms with van der Waals surface area (Å²) in [6.07, 6.45) is 0. The van der Waals surface area contributed by atoms with Crippen LogP contribution in [0.3, 0.4) is 0 Å². The van der Waals surface area contributed by atoms with E-state index in [4.69, 9.17) is 4.74 Å². The number of halogens is 1. The number of anilines is 1. The number of benzene rings is 1. The summed E-state index contributed by atoms with van der Waals surface area (Å²) in [6.45, 7) is 0. The van der Waals surface area contributed by atoms with Crippen molar-refractivity contribution in [2.24, 2.45) is 0 Å². The van der Waals surface area contributed by atoms with Crippen molar-refractivity contribution >= 4 is 11.6 Å². The van der Waals surface area contributed by atoms with Gasteiger partial charge in [-0.15, -0.1) is 0 Å². The Hall–Kier alpha value is -2.63. The number of carbonyl (C=O) groups is 1. The van der Waals surface area contributed by atoms with E-state index in [1.807, 2.05) is 0 Å². The molecule has 0 fully saturated rings. The van der Waals surface area contributed by atoms with E-state index in [-0.39, 0.29) is 11.4 Å². The van der Waals surface area contributed by atoms with Gasteiger partial charge in [-0.1, -0.05) is 6.07 Å². The molecule has 1 aromatic carbocycles. The first-order valence-corrected chi connectivity index (χ1v) is 5.44. The standard InChI is InChI=1S/C13H11FN2O3/c1-19-8-5-6-9(14)11(7-8)16-13(18)10-3-2-4-12(17)15-10/h2-7H,1H3,(H,15,17)(H,16,18). The predicted molar refractivity (Wildman–Crippen MR) is 68.0 cm³/mol. The highest BCUT2D eigenvalue weighted by molar-refractivity contribution is 6.02. The van der Waals surface area contributed by atoms with Gasteiger partial charge in [0.25, 0.3) is 5.91 Å². The second kappa shape index (κ2) is 5.34. The maximum absolute atomic E-state index is 13.5. The summed E-state index contributed by atoms with van der Waals surface area (Å²) < 4.78 is 18.5. The first-order valence-electron chi connectivity index (χ1n) is 5.44. The molecule has 0 saturated carbocycles. The van der Waals surface area contributed by atoms with Crippen LogP contribution in [0.15, 0.2) is 41.2 Å². The molecule has 2 rings (SSSR count). The van der Waals surface area contributed by atoms with Gasteiger partial charge in [-0.3, -0.25) is 9.59 Å². The highest BCUT2D eigenvalue weighted by atomic mass is 19.1. The van der Waals surface area contributed by atoms with Gasteiger partial charge < -0.3 is 15.0 Å². The zero-order chi connectivity index (χ0) is 13.8. The Morgan fingerprint density at radius 3 is 2.79 bits per heavy atom. The molecule has 5 nitrogen and oxygen atoms in total. The fourth-order valence-electron chi connectivity index (χ4n) is 1.50.